The third-order valence-electron chi connectivity index (χ3n) is 2.44. The Morgan fingerprint density at radius 2 is 2.00 bits per heavy atom. The number of rotatable bonds is 2. The first-order valence-electron chi connectivity index (χ1n) is 5.86. The van der Waals surface area contributed by atoms with Gasteiger partial charge in [-0.1, -0.05) is 11.8 Å². The molecule has 0 spiro atoms. The highest BCUT2D eigenvalue weighted by atomic mass is 32.1. The zero-order valence-electron chi connectivity index (χ0n) is 10.6. The van der Waals surface area contributed by atoms with Crippen LogP contribution in [0.1, 0.15) is 20.1 Å². The lowest BCUT2D eigenvalue weighted by Crippen LogP contribution is -2.09. The van der Waals surface area contributed by atoms with Crippen LogP contribution in [0.15, 0.2) is 36.4 Å². The summed E-state index contributed by atoms with van der Waals surface area (Å²) in [6.07, 6.45) is 0. The van der Waals surface area contributed by atoms with Crippen molar-refractivity contribution in [1.82, 2.24) is 0 Å². The molecule has 19 heavy (non-hydrogen) atoms. The average Bonchev–Trinajstić information content (AvgIpc) is 2.85. The number of nitrogens with one attached hydrogen (secondary N) is 1. The van der Waals surface area contributed by atoms with E-state index in [0.717, 1.165) is 16.1 Å². The number of aryl methyl sites for hydroxylation is 1. The molecule has 0 bridgehead atoms. The van der Waals surface area contributed by atoms with Crippen LogP contribution in [0.5, 0.6) is 0 Å². The van der Waals surface area contributed by atoms with Crippen LogP contribution in [0.3, 0.4) is 0 Å². The topological polar surface area (TPSA) is 55.1 Å². The van der Waals surface area contributed by atoms with Crippen LogP contribution in [0.2, 0.25) is 0 Å². The van der Waals surface area contributed by atoms with E-state index in [-0.39, 0.29) is 5.91 Å². The average molecular weight is 270 g/mol. The molecule has 1 amide bonds. The highest BCUT2D eigenvalue weighted by Crippen LogP contribution is 2.17. The molecule has 0 unspecified atom stereocenters. The molecule has 0 atom stereocenters. The maximum Gasteiger partial charge on any atom is 0.265 e. The lowest BCUT2D eigenvalue weighted by molar-refractivity contribution is 0.103. The standard InChI is InChI=1S/C15H14N2OS/c1-11-4-9-14(19-11)15(18)17-13-7-5-12(6-8-13)3-2-10-16/h4-9H,10,16H2,1H3,(H,17,18). The SMILES string of the molecule is Cc1ccc(C(=O)Nc2ccc(C#CCN)cc2)s1. The van der Waals surface area contributed by atoms with E-state index in [0.29, 0.717) is 11.4 Å². The van der Waals surface area contributed by atoms with Crippen LogP contribution in [-0.4, -0.2) is 12.5 Å². The van der Waals surface area contributed by atoms with Crippen LogP contribution in [0.4, 0.5) is 5.69 Å². The number of carbonyl (C=O) groups is 1. The Balaban J connectivity index is 2.05. The van der Waals surface area contributed by atoms with Gasteiger partial charge in [0.25, 0.3) is 5.91 Å². The smallest absolute Gasteiger partial charge is 0.265 e. The molecule has 3 N–H and O–H groups in total. The molecule has 1 aromatic heterocycles. The predicted octanol–water partition coefficient (Wildman–Crippen LogP) is 2.62. The Morgan fingerprint density at radius 3 is 2.58 bits per heavy atom. The third kappa shape index (κ3) is 3.68. The van der Waals surface area contributed by atoms with E-state index in [1.807, 2.05) is 43.3 Å². The normalized spacial score (nSPS) is 9.58. The van der Waals surface area contributed by atoms with Crippen LogP contribution in [0, 0.1) is 18.8 Å². The summed E-state index contributed by atoms with van der Waals surface area (Å²) in [4.78, 5) is 13.8. The van der Waals surface area contributed by atoms with Gasteiger partial charge in [0.1, 0.15) is 0 Å². The number of hydrogen-bond donors (Lipinski definition) is 2. The molecule has 0 aliphatic carbocycles. The van der Waals surface area contributed by atoms with Gasteiger partial charge in [0.15, 0.2) is 0 Å². The lowest BCUT2D eigenvalue weighted by atomic mass is 10.2. The van der Waals surface area contributed by atoms with Crippen LogP contribution >= 0.6 is 11.3 Å². The first-order chi connectivity index (χ1) is 9.19. The van der Waals surface area contributed by atoms with Crippen molar-refractivity contribution in [3.05, 3.63) is 51.7 Å². The van der Waals surface area contributed by atoms with Gasteiger partial charge >= 0.3 is 0 Å². The van der Waals surface area contributed by atoms with Crippen LogP contribution < -0.4 is 11.1 Å². The summed E-state index contributed by atoms with van der Waals surface area (Å²) in [5.74, 6) is 5.64. The molecule has 3 nitrogen and oxygen atoms in total. The van der Waals surface area contributed by atoms with E-state index in [1.54, 1.807) is 0 Å². The van der Waals surface area contributed by atoms with E-state index in [2.05, 4.69) is 17.2 Å². The monoisotopic (exact) mass is 270 g/mol. The number of amides is 1. The molecule has 0 radical (unpaired) electrons. The Kier molecular flexibility index (Phi) is 4.35. The van der Waals surface area contributed by atoms with Gasteiger partial charge in [-0.3, -0.25) is 4.79 Å². The zero-order valence-corrected chi connectivity index (χ0v) is 11.4. The second kappa shape index (κ2) is 6.19. The summed E-state index contributed by atoms with van der Waals surface area (Å²) in [7, 11) is 0. The van der Waals surface area contributed by atoms with Crippen molar-refractivity contribution in [2.75, 3.05) is 11.9 Å². The molecule has 0 saturated carbocycles. The van der Waals surface area contributed by atoms with E-state index in [1.165, 1.54) is 11.3 Å². The number of carbonyl (C=O) groups excluding carboxylic acids is 1. The quantitative estimate of drug-likeness (QED) is 0.824. The highest BCUT2D eigenvalue weighted by molar-refractivity contribution is 7.14. The molecule has 2 rings (SSSR count). The van der Waals surface area contributed by atoms with Gasteiger partial charge in [-0.15, -0.1) is 11.3 Å². The molecule has 1 aromatic carbocycles. The molecule has 0 fully saturated rings. The Hall–Kier alpha value is -2.09. The predicted molar refractivity (Wildman–Crippen MR) is 79.4 cm³/mol. The number of hydrogen-bond acceptors (Lipinski definition) is 3. The number of benzene rings is 1. The van der Waals surface area contributed by atoms with Gasteiger partial charge in [-0.2, -0.15) is 0 Å². The van der Waals surface area contributed by atoms with Gasteiger partial charge in [-0.25, -0.2) is 0 Å². The molecular weight excluding hydrogens is 256 g/mol. The van der Waals surface area contributed by atoms with Crippen LogP contribution in [-0.2, 0) is 0 Å². The maximum absolute atomic E-state index is 11.9. The summed E-state index contributed by atoms with van der Waals surface area (Å²) in [5, 5.41) is 2.85. The van der Waals surface area contributed by atoms with Crippen molar-refractivity contribution >= 4 is 22.9 Å². The summed E-state index contributed by atoms with van der Waals surface area (Å²) in [5.41, 5.74) is 6.95. The first kappa shape index (κ1) is 13.3. The van der Waals surface area contributed by atoms with Crippen molar-refractivity contribution < 1.29 is 4.79 Å². The van der Waals surface area contributed by atoms with E-state index < -0.39 is 0 Å². The van der Waals surface area contributed by atoms with Gasteiger partial charge in [0.05, 0.1) is 11.4 Å². The Morgan fingerprint density at radius 1 is 1.26 bits per heavy atom. The molecule has 0 aliphatic rings. The highest BCUT2D eigenvalue weighted by Gasteiger charge is 2.07. The fraction of sp³-hybridized carbons (Fsp3) is 0.133. The van der Waals surface area contributed by atoms with Crippen molar-refractivity contribution in [2.45, 2.75) is 6.92 Å². The van der Waals surface area contributed by atoms with Crippen molar-refractivity contribution in [3.8, 4) is 11.8 Å². The molecule has 96 valence electrons. The van der Waals surface area contributed by atoms with Crippen LogP contribution in [0.25, 0.3) is 0 Å². The largest absolute Gasteiger partial charge is 0.321 e. The minimum Gasteiger partial charge on any atom is -0.321 e. The summed E-state index contributed by atoms with van der Waals surface area (Å²) in [6, 6.07) is 11.1. The molecule has 2 aromatic rings. The van der Waals surface area contributed by atoms with Gasteiger partial charge in [0.2, 0.25) is 0 Å². The Labute approximate surface area is 116 Å². The molecule has 0 saturated heterocycles. The minimum absolute atomic E-state index is 0.0844. The number of thiophene rings is 1. The lowest BCUT2D eigenvalue weighted by Gasteiger charge is -2.03. The summed E-state index contributed by atoms with van der Waals surface area (Å²) in [6.45, 7) is 2.32. The van der Waals surface area contributed by atoms with Crippen molar-refractivity contribution in [2.24, 2.45) is 5.73 Å². The fourth-order valence-corrected chi connectivity index (χ4v) is 2.30. The number of anilines is 1. The molecular formula is C15H14N2OS. The van der Waals surface area contributed by atoms with Crippen molar-refractivity contribution in [3.63, 3.8) is 0 Å². The summed E-state index contributed by atoms with van der Waals surface area (Å²) < 4.78 is 0. The molecule has 1 heterocycles. The number of nitrogens with two attached hydrogens (primary N) is 1. The van der Waals surface area contributed by atoms with E-state index >= 15 is 0 Å². The molecule has 4 heteroatoms. The second-order valence-electron chi connectivity index (χ2n) is 3.95. The van der Waals surface area contributed by atoms with E-state index in [9.17, 15) is 4.79 Å². The van der Waals surface area contributed by atoms with Crippen molar-refractivity contribution in [1.29, 1.82) is 0 Å². The summed E-state index contributed by atoms with van der Waals surface area (Å²) >= 11 is 1.48. The van der Waals surface area contributed by atoms with Gasteiger partial charge in [0, 0.05) is 16.1 Å². The van der Waals surface area contributed by atoms with Gasteiger partial charge < -0.3 is 11.1 Å². The zero-order chi connectivity index (χ0) is 13.7. The minimum atomic E-state index is -0.0844. The first-order valence-corrected chi connectivity index (χ1v) is 6.67. The van der Waals surface area contributed by atoms with Gasteiger partial charge in [-0.05, 0) is 43.3 Å². The maximum atomic E-state index is 11.9. The third-order valence-corrected chi connectivity index (χ3v) is 3.44. The van der Waals surface area contributed by atoms with E-state index in [4.69, 9.17) is 5.73 Å². The molecule has 0 aliphatic heterocycles. The fourth-order valence-electron chi connectivity index (χ4n) is 1.54. The second-order valence-corrected chi connectivity index (χ2v) is 5.24. The Bertz CT molecular complexity index is 632.